The van der Waals surface area contributed by atoms with Crippen molar-refractivity contribution < 1.29 is 23.9 Å². The Hall–Kier alpha value is -2.57. The molecule has 1 saturated heterocycles. The quantitative estimate of drug-likeness (QED) is 0.596. The molecule has 0 saturated carbocycles. The molecule has 1 aliphatic heterocycles. The van der Waals surface area contributed by atoms with E-state index in [1.807, 2.05) is 30.3 Å². The minimum Gasteiger partial charge on any atom is -0.459 e. The van der Waals surface area contributed by atoms with E-state index < -0.39 is 29.6 Å². The molecule has 2 amide bonds. The van der Waals surface area contributed by atoms with Crippen LogP contribution >= 0.6 is 0 Å². The third-order valence-electron chi connectivity index (χ3n) is 3.93. The molecule has 1 aromatic carbocycles. The van der Waals surface area contributed by atoms with E-state index in [4.69, 9.17) is 9.47 Å². The van der Waals surface area contributed by atoms with E-state index >= 15 is 0 Å². The van der Waals surface area contributed by atoms with Crippen molar-refractivity contribution in [3.8, 4) is 0 Å². The molecule has 7 nitrogen and oxygen atoms in total. The third kappa shape index (κ3) is 4.97. The van der Waals surface area contributed by atoms with Crippen molar-refractivity contribution in [3.63, 3.8) is 0 Å². The smallest absolute Gasteiger partial charge is 0.410 e. The van der Waals surface area contributed by atoms with E-state index in [0.29, 0.717) is 6.54 Å². The average Bonchev–Trinajstić information content (AvgIpc) is 2.60. The van der Waals surface area contributed by atoms with Crippen molar-refractivity contribution >= 4 is 18.0 Å². The Bertz CT molecular complexity index is 654. The Balaban J connectivity index is 2.22. The summed E-state index contributed by atoms with van der Waals surface area (Å²) in [5.41, 5.74) is 0.246. The van der Waals surface area contributed by atoms with Crippen LogP contribution in [0.25, 0.3) is 0 Å². The molecule has 26 heavy (non-hydrogen) atoms. The van der Waals surface area contributed by atoms with Gasteiger partial charge in [-0.1, -0.05) is 30.3 Å². The van der Waals surface area contributed by atoms with Crippen molar-refractivity contribution in [2.75, 3.05) is 26.2 Å². The molecular weight excluding hydrogens is 336 g/mol. The maximum atomic E-state index is 12.5. The zero-order valence-corrected chi connectivity index (χ0v) is 15.7. The van der Waals surface area contributed by atoms with Crippen LogP contribution < -0.4 is 0 Å². The summed E-state index contributed by atoms with van der Waals surface area (Å²) in [5.74, 6) is -1.57. The number of hydrogen-bond acceptors (Lipinski definition) is 5. The molecule has 1 atom stereocenters. The van der Waals surface area contributed by atoms with E-state index in [1.165, 1.54) is 4.90 Å². The molecule has 142 valence electrons. The fourth-order valence-electron chi connectivity index (χ4n) is 2.79. The monoisotopic (exact) mass is 362 g/mol. The molecule has 0 aromatic heterocycles. The number of piperazine rings is 1. The van der Waals surface area contributed by atoms with E-state index in [9.17, 15) is 14.4 Å². The van der Waals surface area contributed by atoms with Gasteiger partial charge in [0, 0.05) is 19.6 Å². The number of benzene rings is 1. The first kappa shape index (κ1) is 19.8. The Labute approximate surface area is 153 Å². The second kappa shape index (κ2) is 8.21. The summed E-state index contributed by atoms with van der Waals surface area (Å²) in [7, 11) is 0. The van der Waals surface area contributed by atoms with Gasteiger partial charge in [0.2, 0.25) is 0 Å². The number of ether oxygens (including phenoxy) is 2. The largest absolute Gasteiger partial charge is 0.459 e. The van der Waals surface area contributed by atoms with Crippen molar-refractivity contribution in [2.24, 2.45) is 0 Å². The van der Waals surface area contributed by atoms with Crippen LogP contribution in [0.4, 0.5) is 4.79 Å². The zero-order chi connectivity index (χ0) is 19.3. The molecule has 0 radical (unpaired) electrons. The standard InChI is InChI=1S/C19H26N2O5/c1-5-25-17(23)16(22)21-12-11-20(18(24)26-19(2,3)4)13-15(21)14-9-7-6-8-10-14/h6-10,15H,5,11-13H2,1-4H3. The van der Waals surface area contributed by atoms with Gasteiger partial charge in [0.15, 0.2) is 0 Å². The van der Waals surface area contributed by atoms with Gasteiger partial charge in [0.25, 0.3) is 0 Å². The molecule has 2 rings (SSSR count). The molecule has 0 spiro atoms. The lowest BCUT2D eigenvalue weighted by Crippen LogP contribution is -2.54. The predicted octanol–water partition coefficient (Wildman–Crippen LogP) is 2.37. The second-order valence-corrected chi connectivity index (χ2v) is 7.07. The number of hydrogen-bond donors (Lipinski definition) is 0. The van der Waals surface area contributed by atoms with Crippen molar-refractivity contribution in [2.45, 2.75) is 39.3 Å². The third-order valence-corrected chi connectivity index (χ3v) is 3.93. The van der Waals surface area contributed by atoms with Crippen LogP contribution in [0.3, 0.4) is 0 Å². The lowest BCUT2D eigenvalue weighted by molar-refractivity contribution is -0.162. The molecule has 0 bridgehead atoms. The molecule has 0 aliphatic carbocycles. The summed E-state index contributed by atoms with van der Waals surface area (Å²) >= 11 is 0. The molecule has 0 N–H and O–H groups in total. The van der Waals surface area contributed by atoms with Gasteiger partial charge in [-0.3, -0.25) is 4.79 Å². The van der Waals surface area contributed by atoms with E-state index in [1.54, 1.807) is 32.6 Å². The number of rotatable bonds is 2. The Morgan fingerprint density at radius 1 is 1.12 bits per heavy atom. The van der Waals surface area contributed by atoms with Gasteiger partial charge in [0.05, 0.1) is 12.6 Å². The van der Waals surface area contributed by atoms with Crippen LogP contribution in [0.15, 0.2) is 30.3 Å². The van der Waals surface area contributed by atoms with Gasteiger partial charge in [-0.2, -0.15) is 0 Å². The van der Waals surface area contributed by atoms with Gasteiger partial charge in [-0.15, -0.1) is 0 Å². The number of carbonyl (C=O) groups excluding carboxylic acids is 3. The first-order chi connectivity index (χ1) is 12.2. The molecule has 1 unspecified atom stereocenters. The summed E-state index contributed by atoms with van der Waals surface area (Å²) in [4.78, 5) is 39.8. The maximum Gasteiger partial charge on any atom is 0.410 e. The molecular formula is C19H26N2O5. The van der Waals surface area contributed by atoms with E-state index in [2.05, 4.69) is 0 Å². The van der Waals surface area contributed by atoms with Gasteiger partial charge < -0.3 is 19.3 Å². The van der Waals surface area contributed by atoms with E-state index in [0.717, 1.165) is 5.56 Å². The summed E-state index contributed by atoms with van der Waals surface area (Å²) in [6.45, 7) is 7.99. The minimum absolute atomic E-state index is 0.137. The molecule has 1 fully saturated rings. The van der Waals surface area contributed by atoms with Gasteiger partial charge in [-0.05, 0) is 33.3 Å². The van der Waals surface area contributed by atoms with Gasteiger partial charge >= 0.3 is 18.0 Å². The second-order valence-electron chi connectivity index (χ2n) is 7.07. The highest BCUT2D eigenvalue weighted by molar-refractivity contribution is 6.32. The molecule has 1 heterocycles. The first-order valence-electron chi connectivity index (χ1n) is 8.73. The topological polar surface area (TPSA) is 76.2 Å². The molecule has 7 heteroatoms. The summed E-state index contributed by atoms with van der Waals surface area (Å²) in [6.07, 6.45) is -0.429. The summed E-state index contributed by atoms with van der Waals surface area (Å²) in [5, 5.41) is 0. The highest BCUT2D eigenvalue weighted by atomic mass is 16.6. The first-order valence-corrected chi connectivity index (χ1v) is 8.73. The zero-order valence-electron chi connectivity index (χ0n) is 15.7. The number of amides is 2. The Morgan fingerprint density at radius 2 is 1.77 bits per heavy atom. The highest BCUT2D eigenvalue weighted by Gasteiger charge is 2.37. The summed E-state index contributed by atoms with van der Waals surface area (Å²) < 4.78 is 10.3. The van der Waals surface area contributed by atoms with Crippen molar-refractivity contribution in [1.29, 1.82) is 0 Å². The summed E-state index contributed by atoms with van der Waals surface area (Å²) in [6, 6.07) is 8.89. The Kier molecular flexibility index (Phi) is 6.23. The SMILES string of the molecule is CCOC(=O)C(=O)N1CCN(C(=O)OC(C)(C)C)CC1c1ccccc1. The fraction of sp³-hybridized carbons (Fsp3) is 0.526. The van der Waals surface area contributed by atoms with Crippen LogP contribution in [-0.2, 0) is 19.1 Å². The van der Waals surface area contributed by atoms with Crippen LogP contribution in [-0.4, -0.2) is 59.6 Å². The predicted molar refractivity (Wildman–Crippen MR) is 95.3 cm³/mol. The maximum absolute atomic E-state index is 12.5. The normalized spacial score (nSPS) is 17.6. The highest BCUT2D eigenvalue weighted by Crippen LogP contribution is 2.27. The molecule has 1 aliphatic rings. The van der Waals surface area contributed by atoms with Crippen LogP contribution in [0, 0.1) is 0 Å². The van der Waals surface area contributed by atoms with Crippen LogP contribution in [0.5, 0.6) is 0 Å². The average molecular weight is 362 g/mol. The minimum atomic E-state index is -0.876. The van der Waals surface area contributed by atoms with Crippen LogP contribution in [0.1, 0.15) is 39.3 Å². The van der Waals surface area contributed by atoms with Gasteiger partial charge in [0.1, 0.15) is 5.60 Å². The Morgan fingerprint density at radius 3 is 2.35 bits per heavy atom. The number of nitrogens with zero attached hydrogens (tertiary/aromatic N) is 2. The van der Waals surface area contributed by atoms with Crippen LogP contribution in [0.2, 0.25) is 0 Å². The number of esters is 1. The lowest BCUT2D eigenvalue weighted by Gasteiger charge is -2.41. The van der Waals surface area contributed by atoms with Crippen molar-refractivity contribution in [1.82, 2.24) is 9.80 Å². The lowest BCUT2D eigenvalue weighted by atomic mass is 10.0. The number of carbonyl (C=O) groups is 3. The van der Waals surface area contributed by atoms with Gasteiger partial charge in [-0.25, -0.2) is 9.59 Å². The molecule has 1 aromatic rings. The van der Waals surface area contributed by atoms with E-state index in [-0.39, 0.29) is 19.7 Å². The fourth-order valence-corrected chi connectivity index (χ4v) is 2.79. The van der Waals surface area contributed by atoms with Crippen molar-refractivity contribution in [3.05, 3.63) is 35.9 Å².